The van der Waals surface area contributed by atoms with Crippen LogP contribution in [0.1, 0.15) is 40.9 Å². The molecule has 1 amide bonds. The van der Waals surface area contributed by atoms with Crippen LogP contribution in [0.4, 0.5) is 0 Å². The van der Waals surface area contributed by atoms with Gasteiger partial charge in [0.15, 0.2) is 6.61 Å². The van der Waals surface area contributed by atoms with Crippen molar-refractivity contribution in [1.29, 1.82) is 0 Å². The number of carbonyl (C=O) groups excluding carboxylic acids is 2. The van der Waals surface area contributed by atoms with E-state index in [-0.39, 0.29) is 18.3 Å². The Bertz CT molecular complexity index is 1050. The number of carbonyl (C=O) groups is 2. The third kappa shape index (κ3) is 5.00. The van der Waals surface area contributed by atoms with Crippen LogP contribution in [0.2, 0.25) is 0 Å². The quantitative estimate of drug-likeness (QED) is 0.427. The van der Waals surface area contributed by atoms with Crippen molar-refractivity contribution in [3.63, 3.8) is 0 Å². The molecule has 1 aromatic carbocycles. The van der Waals surface area contributed by atoms with Gasteiger partial charge in [-0.15, -0.1) is 0 Å². The van der Waals surface area contributed by atoms with E-state index in [1.807, 2.05) is 37.6 Å². The number of nitrogens with zero attached hydrogens (tertiary/aromatic N) is 2. The maximum absolute atomic E-state index is 12.4. The second-order valence-corrected chi connectivity index (χ2v) is 7.08. The zero-order chi connectivity index (χ0) is 21.7. The summed E-state index contributed by atoms with van der Waals surface area (Å²) in [4.78, 5) is 24.3. The Morgan fingerprint density at radius 2 is 2.00 bits per heavy atom. The molecule has 3 rings (SSSR count). The van der Waals surface area contributed by atoms with Crippen molar-refractivity contribution in [1.82, 2.24) is 15.1 Å². The standard InChI is InChI=1S/C22H27N3O5/c1-5-28-17-7-8-19-18(12-17)16(4)21(30-19)22(27)29-13-20(26)23-9-6-10-25-15(3)11-14(2)24-25/h7-8,11-12H,5-6,9-10,13H2,1-4H3,(H,23,26). The van der Waals surface area contributed by atoms with E-state index in [4.69, 9.17) is 13.9 Å². The Balaban J connectivity index is 1.48. The molecule has 0 radical (unpaired) electrons. The molecule has 0 fully saturated rings. The van der Waals surface area contributed by atoms with Gasteiger partial charge in [-0.1, -0.05) is 0 Å². The predicted octanol–water partition coefficient (Wildman–Crippen LogP) is 3.32. The van der Waals surface area contributed by atoms with Crippen molar-refractivity contribution in [2.45, 2.75) is 40.7 Å². The Hall–Kier alpha value is -3.29. The second kappa shape index (κ2) is 9.47. The van der Waals surface area contributed by atoms with E-state index >= 15 is 0 Å². The van der Waals surface area contributed by atoms with Crippen LogP contribution in [-0.4, -0.2) is 41.4 Å². The van der Waals surface area contributed by atoms with Crippen LogP contribution < -0.4 is 10.1 Å². The number of aryl methyl sites for hydroxylation is 4. The summed E-state index contributed by atoms with van der Waals surface area (Å²) in [5.74, 6) is -0.229. The van der Waals surface area contributed by atoms with Crippen LogP contribution in [-0.2, 0) is 16.1 Å². The number of aromatic nitrogens is 2. The molecule has 8 heteroatoms. The van der Waals surface area contributed by atoms with E-state index in [0.717, 1.165) is 23.2 Å². The fraction of sp³-hybridized carbons (Fsp3) is 0.409. The molecule has 160 valence electrons. The van der Waals surface area contributed by atoms with Gasteiger partial charge in [0.2, 0.25) is 5.76 Å². The smallest absolute Gasteiger partial charge is 0.375 e. The normalized spacial score (nSPS) is 10.9. The molecular weight excluding hydrogens is 386 g/mol. The van der Waals surface area contributed by atoms with Crippen molar-refractivity contribution in [2.24, 2.45) is 0 Å². The molecule has 1 N–H and O–H groups in total. The summed E-state index contributed by atoms with van der Waals surface area (Å²) in [5.41, 5.74) is 3.28. The number of amides is 1. The van der Waals surface area contributed by atoms with Gasteiger partial charge in [0, 0.05) is 29.7 Å². The summed E-state index contributed by atoms with van der Waals surface area (Å²) in [5, 5.41) is 7.90. The van der Waals surface area contributed by atoms with Gasteiger partial charge in [0.1, 0.15) is 11.3 Å². The molecule has 2 heterocycles. The topological polar surface area (TPSA) is 95.6 Å². The number of fused-ring (bicyclic) bond motifs is 1. The van der Waals surface area contributed by atoms with Gasteiger partial charge in [0.25, 0.3) is 5.91 Å². The van der Waals surface area contributed by atoms with E-state index < -0.39 is 5.97 Å². The van der Waals surface area contributed by atoms with E-state index in [1.54, 1.807) is 19.1 Å². The molecule has 0 atom stereocenters. The van der Waals surface area contributed by atoms with Gasteiger partial charge in [-0.2, -0.15) is 5.10 Å². The Morgan fingerprint density at radius 1 is 1.20 bits per heavy atom. The third-order valence-electron chi connectivity index (χ3n) is 4.71. The molecule has 0 aliphatic rings. The second-order valence-electron chi connectivity index (χ2n) is 7.08. The van der Waals surface area contributed by atoms with Crippen LogP contribution in [0.15, 0.2) is 28.7 Å². The number of nitrogens with one attached hydrogen (secondary N) is 1. The van der Waals surface area contributed by atoms with Gasteiger partial charge in [0.05, 0.1) is 12.3 Å². The summed E-state index contributed by atoms with van der Waals surface area (Å²) in [7, 11) is 0. The van der Waals surface area contributed by atoms with Gasteiger partial charge in [-0.25, -0.2) is 4.79 Å². The van der Waals surface area contributed by atoms with Crippen molar-refractivity contribution in [3.8, 4) is 5.75 Å². The number of esters is 1. The lowest BCUT2D eigenvalue weighted by atomic mass is 10.1. The van der Waals surface area contributed by atoms with Gasteiger partial charge < -0.3 is 19.2 Å². The molecule has 3 aromatic rings. The number of hydrogen-bond donors (Lipinski definition) is 1. The maximum Gasteiger partial charge on any atom is 0.375 e. The average molecular weight is 413 g/mol. The third-order valence-corrected chi connectivity index (χ3v) is 4.71. The van der Waals surface area contributed by atoms with Crippen molar-refractivity contribution >= 4 is 22.8 Å². The van der Waals surface area contributed by atoms with Crippen LogP contribution >= 0.6 is 0 Å². The highest BCUT2D eigenvalue weighted by atomic mass is 16.5. The summed E-state index contributed by atoms with van der Waals surface area (Å²) >= 11 is 0. The van der Waals surface area contributed by atoms with Crippen LogP contribution in [0.25, 0.3) is 11.0 Å². The van der Waals surface area contributed by atoms with E-state index in [2.05, 4.69) is 10.4 Å². The van der Waals surface area contributed by atoms with Crippen molar-refractivity contribution in [3.05, 3.63) is 47.0 Å². The highest BCUT2D eigenvalue weighted by molar-refractivity contribution is 5.97. The first-order chi connectivity index (χ1) is 14.4. The average Bonchev–Trinajstić information content (AvgIpc) is 3.22. The van der Waals surface area contributed by atoms with E-state index in [9.17, 15) is 9.59 Å². The highest BCUT2D eigenvalue weighted by Gasteiger charge is 2.20. The fourth-order valence-corrected chi connectivity index (χ4v) is 3.26. The number of hydrogen-bond acceptors (Lipinski definition) is 6. The molecule has 0 saturated carbocycles. The monoisotopic (exact) mass is 413 g/mol. The van der Waals surface area contributed by atoms with Gasteiger partial charge in [-0.05, 0) is 58.4 Å². The molecular formula is C22H27N3O5. The van der Waals surface area contributed by atoms with Crippen LogP contribution in [0.5, 0.6) is 5.75 Å². The number of benzene rings is 1. The summed E-state index contributed by atoms with van der Waals surface area (Å²) in [6.45, 7) is 8.99. The van der Waals surface area contributed by atoms with Crippen LogP contribution in [0.3, 0.4) is 0 Å². The van der Waals surface area contributed by atoms with Gasteiger partial charge >= 0.3 is 5.97 Å². The zero-order valence-electron chi connectivity index (χ0n) is 17.8. The zero-order valence-corrected chi connectivity index (χ0v) is 17.8. The minimum absolute atomic E-state index is 0.0935. The van der Waals surface area contributed by atoms with Crippen molar-refractivity contribution in [2.75, 3.05) is 19.8 Å². The van der Waals surface area contributed by atoms with Crippen LogP contribution in [0, 0.1) is 20.8 Å². The van der Waals surface area contributed by atoms with Crippen molar-refractivity contribution < 1.29 is 23.5 Å². The van der Waals surface area contributed by atoms with Gasteiger partial charge in [-0.3, -0.25) is 9.48 Å². The number of furan rings is 1. The molecule has 0 unspecified atom stereocenters. The minimum atomic E-state index is -0.667. The largest absolute Gasteiger partial charge is 0.494 e. The molecule has 0 saturated heterocycles. The first kappa shape index (κ1) is 21.4. The lowest BCUT2D eigenvalue weighted by molar-refractivity contribution is -0.124. The summed E-state index contributed by atoms with van der Waals surface area (Å²) in [6.07, 6.45) is 0.729. The first-order valence-electron chi connectivity index (χ1n) is 10.00. The number of rotatable bonds is 9. The summed E-state index contributed by atoms with van der Waals surface area (Å²) < 4.78 is 18.1. The lowest BCUT2D eigenvalue weighted by Crippen LogP contribution is -2.30. The molecule has 0 spiro atoms. The summed E-state index contributed by atoms with van der Waals surface area (Å²) in [6, 6.07) is 7.36. The molecule has 0 aliphatic heterocycles. The Kier molecular flexibility index (Phi) is 6.76. The Morgan fingerprint density at radius 3 is 2.70 bits per heavy atom. The molecule has 0 aliphatic carbocycles. The molecule has 8 nitrogen and oxygen atoms in total. The molecule has 2 aromatic heterocycles. The lowest BCUT2D eigenvalue weighted by Gasteiger charge is -2.07. The highest BCUT2D eigenvalue weighted by Crippen LogP contribution is 2.29. The number of ether oxygens (including phenoxy) is 2. The minimum Gasteiger partial charge on any atom is -0.494 e. The molecule has 0 bridgehead atoms. The fourth-order valence-electron chi connectivity index (χ4n) is 3.26. The molecule has 30 heavy (non-hydrogen) atoms. The Labute approximate surface area is 175 Å². The SMILES string of the molecule is CCOc1ccc2oc(C(=O)OCC(=O)NCCCn3nc(C)cc3C)c(C)c2c1. The maximum atomic E-state index is 12.4. The van der Waals surface area contributed by atoms with E-state index in [0.29, 0.717) is 36.6 Å². The predicted molar refractivity (Wildman–Crippen MR) is 112 cm³/mol. The first-order valence-corrected chi connectivity index (χ1v) is 10.00. The van der Waals surface area contributed by atoms with E-state index in [1.165, 1.54) is 0 Å².